The summed E-state index contributed by atoms with van der Waals surface area (Å²) in [5.41, 5.74) is 1.78. The van der Waals surface area contributed by atoms with Crippen LogP contribution < -0.4 is 5.32 Å². The molecule has 0 aliphatic carbocycles. The summed E-state index contributed by atoms with van der Waals surface area (Å²) in [5, 5.41) is 3.79. The predicted molar refractivity (Wildman–Crippen MR) is 85.0 cm³/mol. The summed E-state index contributed by atoms with van der Waals surface area (Å²) in [4.78, 5) is 5.65. The van der Waals surface area contributed by atoms with Crippen molar-refractivity contribution in [3.05, 3.63) is 21.4 Å². The lowest BCUT2D eigenvalue weighted by Crippen LogP contribution is -2.50. The van der Waals surface area contributed by atoms with Gasteiger partial charge in [0.25, 0.3) is 0 Å². The second kappa shape index (κ2) is 6.38. The second-order valence-electron chi connectivity index (χ2n) is 5.93. The van der Waals surface area contributed by atoms with Gasteiger partial charge in [-0.25, -0.2) is 0 Å². The van der Waals surface area contributed by atoms with Crippen LogP contribution >= 0.6 is 11.3 Å². The van der Waals surface area contributed by atoms with Crippen LogP contribution in [-0.2, 0) is 6.54 Å². The van der Waals surface area contributed by atoms with Gasteiger partial charge in [-0.3, -0.25) is 4.90 Å². The summed E-state index contributed by atoms with van der Waals surface area (Å²) in [6, 6.07) is 2.37. The highest BCUT2D eigenvalue weighted by molar-refractivity contribution is 7.12. The molecule has 0 amide bonds. The molecule has 0 saturated carbocycles. The highest BCUT2D eigenvalue weighted by atomic mass is 32.1. The number of nitrogens with one attached hydrogen (secondary N) is 1. The molecule has 0 radical (unpaired) electrons. The molecular formula is C16H28N2S. The van der Waals surface area contributed by atoms with Gasteiger partial charge in [-0.15, -0.1) is 11.3 Å². The predicted octanol–water partition coefficient (Wildman–Crippen LogP) is 3.72. The first-order valence-electron chi connectivity index (χ1n) is 7.62. The van der Waals surface area contributed by atoms with Crippen molar-refractivity contribution in [1.29, 1.82) is 0 Å². The minimum absolute atomic E-state index is 0.331. The lowest BCUT2D eigenvalue weighted by molar-refractivity contribution is 0.192. The van der Waals surface area contributed by atoms with Crippen LogP contribution in [0.25, 0.3) is 0 Å². The first-order chi connectivity index (χ1) is 9.08. The van der Waals surface area contributed by atoms with Crippen LogP contribution in [0.15, 0.2) is 6.07 Å². The van der Waals surface area contributed by atoms with E-state index in [-0.39, 0.29) is 0 Å². The molecule has 3 heteroatoms. The third kappa shape index (κ3) is 3.59. The van der Waals surface area contributed by atoms with E-state index in [1.165, 1.54) is 54.2 Å². The number of rotatable bonds is 4. The molecule has 0 unspecified atom stereocenters. The van der Waals surface area contributed by atoms with E-state index in [4.69, 9.17) is 0 Å². The molecule has 1 aromatic rings. The Morgan fingerprint density at radius 3 is 2.63 bits per heavy atom. The monoisotopic (exact) mass is 280 g/mol. The third-order valence-corrected chi connectivity index (χ3v) is 5.76. The topological polar surface area (TPSA) is 15.3 Å². The molecule has 0 aromatic carbocycles. The molecule has 108 valence electrons. The maximum absolute atomic E-state index is 3.79. The zero-order valence-corrected chi connectivity index (χ0v) is 13.7. The summed E-state index contributed by atoms with van der Waals surface area (Å²) in [7, 11) is 0. The van der Waals surface area contributed by atoms with Crippen molar-refractivity contribution in [3.8, 4) is 0 Å². The third-order valence-electron chi connectivity index (χ3n) is 4.63. The molecule has 0 bridgehead atoms. The van der Waals surface area contributed by atoms with Gasteiger partial charge in [0.2, 0.25) is 0 Å². The molecule has 1 aliphatic heterocycles. The minimum Gasteiger partial charge on any atom is -0.310 e. The normalized spacial score (nSPS) is 20.4. The van der Waals surface area contributed by atoms with Crippen molar-refractivity contribution >= 4 is 11.3 Å². The van der Waals surface area contributed by atoms with Gasteiger partial charge in [-0.2, -0.15) is 0 Å². The van der Waals surface area contributed by atoms with Crippen LogP contribution in [0.5, 0.6) is 0 Å². The van der Waals surface area contributed by atoms with E-state index in [1.54, 1.807) is 0 Å². The zero-order chi connectivity index (χ0) is 13.9. The van der Waals surface area contributed by atoms with Crippen LogP contribution in [0.3, 0.4) is 0 Å². The van der Waals surface area contributed by atoms with Gasteiger partial charge in [0.15, 0.2) is 0 Å². The van der Waals surface area contributed by atoms with Crippen molar-refractivity contribution in [2.24, 2.45) is 0 Å². The smallest absolute Gasteiger partial charge is 0.0328 e. The fourth-order valence-corrected chi connectivity index (χ4v) is 4.12. The fourth-order valence-electron chi connectivity index (χ4n) is 3.03. The standard InChI is InChI=1S/C16H28N2S/c1-5-16(6-2)12-18(9-7-8-17-16)11-15-10-13(3)14(4)19-15/h10,17H,5-9,11-12H2,1-4H3. The summed E-state index contributed by atoms with van der Waals surface area (Å²) in [5.74, 6) is 0. The SMILES string of the molecule is CCC1(CC)CN(Cc2cc(C)c(C)s2)CCCN1. The number of hydrogen-bond donors (Lipinski definition) is 1. The molecule has 2 nitrogen and oxygen atoms in total. The Balaban J connectivity index is 2.06. The van der Waals surface area contributed by atoms with Gasteiger partial charge in [0.1, 0.15) is 0 Å². The van der Waals surface area contributed by atoms with Crippen molar-refractivity contribution in [2.45, 2.75) is 59.0 Å². The zero-order valence-electron chi connectivity index (χ0n) is 12.9. The maximum Gasteiger partial charge on any atom is 0.0328 e. The average molecular weight is 280 g/mol. The Morgan fingerprint density at radius 2 is 2.05 bits per heavy atom. The van der Waals surface area contributed by atoms with Gasteiger partial charge in [0, 0.05) is 28.4 Å². The molecule has 1 saturated heterocycles. The van der Waals surface area contributed by atoms with Gasteiger partial charge in [0.05, 0.1) is 0 Å². The average Bonchev–Trinajstić information content (AvgIpc) is 2.62. The largest absolute Gasteiger partial charge is 0.310 e. The first kappa shape index (κ1) is 15.0. The molecule has 1 aromatic heterocycles. The highest BCUT2D eigenvalue weighted by Crippen LogP contribution is 2.25. The van der Waals surface area contributed by atoms with Crippen LogP contribution in [0, 0.1) is 13.8 Å². The molecule has 19 heavy (non-hydrogen) atoms. The fraction of sp³-hybridized carbons (Fsp3) is 0.750. The molecule has 1 fully saturated rings. The number of thiophene rings is 1. The van der Waals surface area contributed by atoms with Gasteiger partial charge in [-0.05, 0) is 57.8 Å². The van der Waals surface area contributed by atoms with Crippen LogP contribution in [0.2, 0.25) is 0 Å². The highest BCUT2D eigenvalue weighted by Gasteiger charge is 2.30. The van der Waals surface area contributed by atoms with E-state index in [2.05, 4.69) is 44.0 Å². The Labute approximate surface area is 122 Å². The summed E-state index contributed by atoms with van der Waals surface area (Å²) in [6.45, 7) is 13.8. The molecule has 0 atom stereocenters. The van der Waals surface area contributed by atoms with E-state index in [9.17, 15) is 0 Å². The Kier molecular flexibility index (Phi) is 5.04. The van der Waals surface area contributed by atoms with Gasteiger partial charge in [-0.1, -0.05) is 13.8 Å². The van der Waals surface area contributed by atoms with Crippen LogP contribution in [0.1, 0.15) is 48.4 Å². The summed E-state index contributed by atoms with van der Waals surface area (Å²) >= 11 is 1.97. The maximum atomic E-state index is 3.79. The number of hydrogen-bond acceptors (Lipinski definition) is 3. The van der Waals surface area contributed by atoms with Gasteiger partial charge >= 0.3 is 0 Å². The Hall–Kier alpha value is -0.380. The van der Waals surface area contributed by atoms with Crippen molar-refractivity contribution in [3.63, 3.8) is 0 Å². The van der Waals surface area contributed by atoms with Crippen LogP contribution in [0.4, 0.5) is 0 Å². The lowest BCUT2D eigenvalue weighted by atomic mass is 9.92. The quantitative estimate of drug-likeness (QED) is 0.904. The minimum atomic E-state index is 0.331. The lowest BCUT2D eigenvalue weighted by Gasteiger charge is -2.35. The van der Waals surface area contributed by atoms with Crippen molar-refractivity contribution in [1.82, 2.24) is 10.2 Å². The van der Waals surface area contributed by atoms with E-state index >= 15 is 0 Å². The number of aryl methyl sites for hydroxylation is 2. The molecular weight excluding hydrogens is 252 g/mol. The second-order valence-corrected chi connectivity index (χ2v) is 7.27. The summed E-state index contributed by atoms with van der Waals surface area (Å²) in [6.07, 6.45) is 3.72. The molecule has 2 rings (SSSR count). The Morgan fingerprint density at radius 1 is 1.32 bits per heavy atom. The Bertz CT molecular complexity index is 387. The van der Waals surface area contributed by atoms with E-state index in [1.807, 2.05) is 11.3 Å². The molecule has 1 N–H and O–H groups in total. The van der Waals surface area contributed by atoms with Gasteiger partial charge < -0.3 is 5.32 Å². The van der Waals surface area contributed by atoms with Crippen molar-refractivity contribution in [2.75, 3.05) is 19.6 Å². The van der Waals surface area contributed by atoms with Crippen molar-refractivity contribution < 1.29 is 0 Å². The van der Waals surface area contributed by atoms with Crippen LogP contribution in [-0.4, -0.2) is 30.1 Å². The molecule has 1 aliphatic rings. The molecule has 2 heterocycles. The summed E-state index contributed by atoms with van der Waals surface area (Å²) < 4.78 is 0. The van der Waals surface area contributed by atoms with E-state index in [0.29, 0.717) is 5.54 Å². The van der Waals surface area contributed by atoms with E-state index < -0.39 is 0 Å². The molecule has 0 spiro atoms. The van der Waals surface area contributed by atoms with E-state index in [0.717, 1.165) is 6.54 Å². The number of nitrogens with zero attached hydrogens (tertiary/aromatic N) is 1. The first-order valence-corrected chi connectivity index (χ1v) is 8.43.